The van der Waals surface area contributed by atoms with Gasteiger partial charge in [0.2, 0.25) is 23.6 Å². The summed E-state index contributed by atoms with van der Waals surface area (Å²) < 4.78 is 0. The average molecular weight is 708 g/mol. The molecule has 1 saturated heterocycles. The van der Waals surface area contributed by atoms with Crippen LogP contribution in [0.1, 0.15) is 57.1 Å². The van der Waals surface area contributed by atoms with Gasteiger partial charge in [-0.25, -0.2) is 0 Å². The van der Waals surface area contributed by atoms with Gasteiger partial charge in [-0.15, -0.1) is 0 Å². The van der Waals surface area contributed by atoms with E-state index < -0.39 is 59.3 Å². The van der Waals surface area contributed by atoms with Gasteiger partial charge >= 0.3 is 5.97 Å². The third-order valence-electron chi connectivity index (χ3n) is 8.84. The molecule has 0 unspecified atom stereocenters. The van der Waals surface area contributed by atoms with Gasteiger partial charge < -0.3 is 48.9 Å². The van der Waals surface area contributed by atoms with Crippen LogP contribution in [0.25, 0.3) is 0 Å². The maximum Gasteiger partial charge on any atom is 0.323 e. The first-order valence-corrected chi connectivity index (χ1v) is 17.3. The van der Waals surface area contributed by atoms with E-state index in [2.05, 4.69) is 20.9 Å². The molecule has 0 bridgehead atoms. The van der Waals surface area contributed by atoms with Gasteiger partial charge in [0.1, 0.15) is 23.7 Å². The van der Waals surface area contributed by atoms with Crippen molar-refractivity contribution in [3.8, 4) is 0 Å². The summed E-state index contributed by atoms with van der Waals surface area (Å²) in [5.74, 6) is -3.37. The molecule has 3 rings (SSSR count). The number of carboxylic acid groups (broad SMARTS) is 1. The lowest BCUT2D eigenvalue weighted by Gasteiger charge is -2.38. The second-order valence-electron chi connectivity index (χ2n) is 13.5. The number of benzene rings is 2. The summed E-state index contributed by atoms with van der Waals surface area (Å²) in [6.45, 7) is 4.20. The maximum absolute atomic E-state index is 13.9. The van der Waals surface area contributed by atoms with Crippen molar-refractivity contribution in [3.63, 3.8) is 0 Å². The molecule has 15 nitrogen and oxygen atoms in total. The second-order valence-corrected chi connectivity index (χ2v) is 13.5. The Morgan fingerprint density at radius 1 is 0.804 bits per heavy atom. The Morgan fingerprint density at radius 3 is 1.84 bits per heavy atom. The van der Waals surface area contributed by atoms with Gasteiger partial charge in [-0.1, -0.05) is 74.5 Å². The Kier molecular flexibility index (Phi) is 15.4. The molecule has 0 aliphatic carbocycles. The summed E-state index contributed by atoms with van der Waals surface area (Å²) in [6, 6.07) is 14.4. The summed E-state index contributed by atoms with van der Waals surface area (Å²) in [5.41, 5.74) is 23.4. The molecule has 4 amide bonds. The number of nitrogens with one attached hydrogen (secondary N) is 3. The summed E-state index contributed by atoms with van der Waals surface area (Å²) in [6.07, 6.45) is 1.29. The molecule has 1 aliphatic rings. The SMILES string of the molecule is CC(C)C[C@@H](NC(=O)[C@@H](Cc1ccccc1)NC(=O)[C@H](N)Cc1ccccc1)C(=O)N[C@H](CCCN=C(N)N)C(=O)N1CCC(N)(C(=O)O)CC1. The van der Waals surface area contributed by atoms with Crippen LogP contribution in [0.5, 0.6) is 0 Å². The van der Waals surface area contributed by atoms with E-state index >= 15 is 0 Å². The molecule has 2 aromatic rings. The first kappa shape index (κ1) is 40.4. The van der Waals surface area contributed by atoms with Crippen molar-refractivity contribution in [1.82, 2.24) is 20.9 Å². The number of aliphatic imine (C=N–C) groups is 1. The molecule has 51 heavy (non-hydrogen) atoms. The van der Waals surface area contributed by atoms with Crippen LogP contribution in [-0.4, -0.2) is 94.9 Å². The monoisotopic (exact) mass is 707 g/mol. The number of likely N-dealkylation sites (tertiary alicyclic amines) is 1. The standard InChI is InChI=1S/C36H53N9O6/c1-23(2)20-28(31(47)42-27(14-9-17-41-35(38)39)33(49)45-18-15-36(40,16-19-45)34(50)51)44-32(48)29(22-25-12-7-4-8-13-25)43-30(46)26(37)21-24-10-5-3-6-11-24/h3-8,10-13,23,26-29H,9,14-22,37,40H2,1-2H3,(H,42,47)(H,43,46)(H,44,48)(H,50,51)(H4,38,39,41)/t26-,27-,28-,29-/m1/s1. The highest BCUT2D eigenvalue weighted by atomic mass is 16.4. The van der Waals surface area contributed by atoms with Crippen LogP contribution >= 0.6 is 0 Å². The Hall–Kier alpha value is -5.02. The molecule has 1 heterocycles. The Balaban J connectivity index is 1.79. The molecule has 15 heteroatoms. The summed E-state index contributed by atoms with van der Waals surface area (Å²) >= 11 is 0. The number of nitrogens with zero attached hydrogens (tertiary/aromatic N) is 2. The minimum Gasteiger partial charge on any atom is -0.480 e. The van der Waals surface area contributed by atoms with E-state index in [1.807, 2.05) is 74.5 Å². The number of amides is 4. The molecule has 2 aromatic carbocycles. The summed E-state index contributed by atoms with van der Waals surface area (Å²) in [4.78, 5) is 71.9. The summed E-state index contributed by atoms with van der Waals surface area (Å²) in [7, 11) is 0. The Labute approximate surface area is 299 Å². The third kappa shape index (κ3) is 13.0. The maximum atomic E-state index is 13.9. The lowest BCUT2D eigenvalue weighted by molar-refractivity contribution is -0.148. The van der Waals surface area contributed by atoms with Crippen LogP contribution in [0, 0.1) is 5.92 Å². The van der Waals surface area contributed by atoms with Crippen molar-refractivity contribution in [1.29, 1.82) is 0 Å². The highest BCUT2D eigenvalue weighted by Gasteiger charge is 2.40. The second kappa shape index (κ2) is 19.4. The number of nitrogens with two attached hydrogens (primary N) is 4. The Morgan fingerprint density at radius 2 is 1.31 bits per heavy atom. The van der Waals surface area contributed by atoms with Crippen LogP contribution in [0.2, 0.25) is 0 Å². The molecule has 0 spiro atoms. The van der Waals surface area contributed by atoms with Gasteiger partial charge in [-0.05, 0) is 55.6 Å². The lowest BCUT2D eigenvalue weighted by atomic mass is 9.88. The van der Waals surface area contributed by atoms with Gasteiger partial charge in [0.25, 0.3) is 0 Å². The molecule has 278 valence electrons. The van der Waals surface area contributed by atoms with Crippen molar-refractivity contribution in [2.45, 2.75) is 88.5 Å². The number of hydrogen-bond acceptors (Lipinski definition) is 8. The van der Waals surface area contributed by atoms with Gasteiger partial charge in [0.05, 0.1) is 6.04 Å². The van der Waals surface area contributed by atoms with Gasteiger partial charge in [-0.2, -0.15) is 0 Å². The minimum atomic E-state index is -1.44. The van der Waals surface area contributed by atoms with E-state index in [0.29, 0.717) is 6.42 Å². The fourth-order valence-electron chi connectivity index (χ4n) is 5.87. The van der Waals surface area contributed by atoms with Crippen molar-refractivity contribution in [3.05, 3.63) is 71.8 Å². The fourth-order valence-corrected chi connectivity index (χ4v) is 5.87. The number of rotatable bonds is 18. The molecule has 1 fully saturated rings. The zero-order valence-corrected chi connectivity index (χ0v) is 29.4. The number of hydrogen-bond donors (Lipinski definition) is 8. The van der Waals surface area contributed by atoms with Crippen molar-refractivity contribution in [2.24, 2.45) is 33.8 Å². The highest BCUT2D eigenvalue weighted by molar-refractivity contribution is 5.95. The smallest absolute Gasteiger partial charge is 0.323 e. The average Bonchev–Trinajstić information content (AvgIpc) is 3.09. The zero-order valence-electron chi connectivity index (χ0n) is 29.4. The Bertz CT molecular complexity index is 1490. The molecular weight excluding hydrogens is 654 g/mol. The van der Waals surface area contributed by atoms with Gasteiger partial charge in [-0.3, -0.25) is 29.0 Å². The fraction of sp³-hybridized carbons (Fsp3) is 0.500. The van der Waals surface area contributed by atoms with E-state index in [4.69, 9.17) is 22.9 Å². The highest BCUT2D eigenvalue weighted by Crippen LogP contribution is 2.21. The third-order valence-corrected chi connectivity index (χ3v) is 8.84. The number of carboxylic acids is 1. The number of carbonyl (C=O) groups excluding carboxylic acids is 4. The van der Waals surface area contributed by atoms with Crippen LogP contribution in [0.3, 0.4) is 0 Å². The topological polar surface area (TPSA) is 261 Å². The predicted octanol–water partition coefficient (Wildman–Crippen LogP) is -0.242. The molecule has 0 radical (unpaired) electrons. The van der Waals surface area contributed by atoms with Crippen LogP contribution in [0.15, 0.2) is 65.7 Å². The van der Waals surface area contributed by atoms with Crippen molar-refractivity contribution >= 4 is 35.6 Å². The van der Waals surface area contributed by atoms with Crippen LogP contribution in [0.4, 0.5) is 0 Å². The van der Waals surface area contributed by atoms with Crippen LogP contribution in [-0.2, 0) is 36.8 Å². The number of piperidine rings is 1. The predicted molar refractivity (Wildman–Crippen MR) is 194 cm³/mol. The van der Waals surface area contributed by atoms with E-state index in [1.54, 1.807) is 0 Å². The largest absolute Gasteiger partial charge is 0.480 e. The van der Waals surface area contributed by atoms with Crippen molar-refractivity contribution < 1.29 is 29.1 Å². The van der Waals surface area contributed by atoms with E-state index in [0.717, 1.165) is 11.1 Å². The van der Waals surface area contributed by atoms with Crippen molar-refractivity contribution in [2.75, 3.05) is 19.6 Å². The first-order valence-electron chi connectivity index (χ1n) is 17.3. The van der Waals surface area contributed by atoms with Gasteiger partial charge in [0.15, 0.2) is 5.96 Å². The van der Waals surface area contributed by atoms with E-state index in [1.165, 1.54) is 4.90 Å². The molecule has 12 N–H and O–H groups in total. The quantitative estimate of drug-likeness (QED) is 0.0573. The van der Waals surface area contributed by atoms with Crippen LogP contribution < -0.4 is 38.9 Å². The molecule has 4 atom stereocenters. The normalized spacial score (nSPS) is 16.2. The zero-order chi connectivity index (χ0) is 37.6. The number of guanidine groups is 1. The molecular formula is C36H53N9O6. The number of carbonyl (C=O) groups is 5. The lowest BCUT2D eigenvalue weighted by Crippen LogP contribution is -2.60. The summed E-state index contributed by atoms with van der Waals surface area (Å²) in [5, 5.41) is 18.0. The molecule has 1 aliphatic heterocycles. The van der Waals surface area contributed by atoms with E-state index in [-0.39, 0.29) is 70.0 Å². The van der Waals surface area contributed by atoms with E-state index in [9.17, 15) is 29.1 Å². The molecule has 0 aromatic heterocycles. The minimum absolute atomic E-state index is 0.0330. The molecule has 0 saturated carbocycles. The first-order chi connectivity index (χ1) is 24.2. The number of aliphatic carboxylic acids is 1. The van der Waals surface area contributed by atoms with Gasteiger partial charge in [0, 0.05) is 26.1 Å².